The summed E-state index contributed by atoms with van der Waals surface area (Å²) in [5.74, 6) is 1.49. The minimum absolute atomic E-state index is 0.0364. The number of ether oxygens (including phenoxy) is 1. The molecular weight excluding hydrogens is 470 g/mol. The Hall–Kier alpha value is -3.15. The van der Waals surface area contributed by atoms with E-state index in [1.54, 1.807) is 12.1 Å². The zero-order chi connectivity index (χ0) is 24.9. The second-order valence-corrected chi connectivity index (χ2v) is 10.1. The number of carbonyl (C=O) groups is 1. The zero-order valence-electron chi connectivity index (χ0n) is 20.6. The first-order valence-corrected chi connectivity index (χ1v) is 13.0. The van der Waals surface area contributed by atoms with E-state index in [1.165, 1.54) is 5.56 Å². The van der Waals surface area contributed by atoms with Crippen LogP contribution in [0.2, 0.25) is 5.02 Å². The van der Waals surface area contributed by atoms with Crippen LogP contribution in [0.5, 0.6) is 5.75 Å². The molecule has 186 valence electrons. The van der Waals surface area contributed by atoms with Gasteiger partial charge in [0, 0.05) is 17.0 Å². The molecule has 6 heteroatoms. The highest BCUT2D eigenvalue weighted by atomic mass is 35.5. The lowest BCUT2D eigenvalue weighted by molar-refractivity contribution is -0.134. The molecule has 1 fully saturated rings. The highest BCUT2D eigenvalue weighted by Crippen LogP contribution is 2.34. The number of rotatable bonds is 7. The van der Waals surface area contributed by atoms with Gasteiger partial charge in [0.2, 0.25) is 0 Å². The average molecular weight is 502 g/mol. The van der Waals surface area contributed by atoms with Gasteiger partial charge in [-0.3, -0.25) is 9.69 Å². The number of benzene rings is 3. The van der Waals surface area contributed by atoms with Crippen molar-refractivity contribution in [3.63, 3.8) is 0 Å². The van der Waals surface area contributed by atoms with E-state index in [2.05, 4.69) is 35.2 Å². The summed E-state index contributed by atoms with van der Waals surface area (Å²) in [7, 11) is 1.66. The fraction of sp³-hybridized carbons (Fsp3) is 0.333. The van der Waals surface area contributed by atoms with Gasteiger partial charge in [0.05, 0.1) is 25.4 Å². The number of amides is 1. The molecular formula is C30H32ClN3O2. The van der Waals surface area contributed by atoms with E-state index in [4.69, 9.17) is 21.4 Å². The van der Waals surface area contributed by atoms with E-state index in [1.807, 2.05) is 48.5 Å². The molecule has 1 unspecified atom stereocenters. The molecule has 0 saturated carbocycles. The number of nitrogens with zero attached hydrogens (tertiary/aromatic N) is 3. The van der Waals surface area contributed by atoms with Gasteiger partial charge in [-0.1, -0.05) is 66.2 Å². The second-order valence-electron chi connectivity index (χ2n) is 9.70. The topological polar surface area (TPSA) is 45.1 Å². The predicted octanol–water partition coefficient (Wildman–Crippen LogP) is 5.98. The molecule has 0 aliphatic carbocycles. The number of methoxy groups -OCH3 is 1. The van der Waals surface area contributed by atoms with Crippen LogP contribution in [0.1, 0.15) is 42.0 Å². The molecule has 2 aliphatic heterocycles. The van der Waals surface area contributed by atoms with Gasteiger partial charge in [0.25, 0.3) is 5.91 Å². The Morgan fingerprint density at radius 3 is 2.47 bits per heavy atom. The Bertz CT molecular complexity index is 1200. The molecule has 0 aromatic heterocycles. The van der Waals surface area contributed by atoms with Crippen molar-refractivity contribution < 1.29 is 9.53 Å². The summed E-state index contributed by atoms with van der Waals surface area (Å²) < 4.78 is 5.40. The molecule has 1 saturated heterocycles. The zero-order valence-corrected chi connectivity index (χ0v) is 21.4. The summed E-state index contributed by atoms with van der Waals surface area (Å²) in [5.41, 5.74) is 4.30. The SMILES string of the molecule is COc1cccc(C2=NN(C(=O)CN3CCC(Cc4ccccc4)CC3)C(c3ccc(Cl)cc3)C2)c1. The number of hydrogen-bond acceptors (Lipinski definition) is 4. The van der Waals surface area contributed by atoms with Crippen LogP contribution in [0, 0.1) is 5.92 Å². The molecule has 1 amide bonds. The monoisotopic (exact) mass is 501 g/mol. The van der Waals surface area contributed by atoms with Gasteiger partial charge in [0.15, 0.2) is 0 Å². The Balaban J connectivity index is 1.28. The third-order valence-corrected chi connectivity index (χ3v) is 7.51. The maximum atomic E-state index is 13.6. The van der Waals surface area contributed by atoms with Crippen LogP contribution in [0.15, 0.2) is 84.0 Å². The first-order chi connectivity index (χ1) is 17.6. The van der Waals surface area contributed by atoms with Crippen molar-refractivity contribution in [3.05, 3.63) is 101 Å². The first-order valence-electron chi connectivity index (χ1n) is 12.6. The molecule has 3 aromatic rings. The summed E-state index contributed by atoms with van der Waals surface area (Å²) in [6.07, 6.45) is 3.99. The van der Waals surface area contributed by atoms with E-state index < -0.39 is 0 Å². The Labute approximate surface area is 218 Å². The van der Waals surface area contributed by atoms with E-state index in [9.17, 15) is 4.79 Å². The molecule has 2 heterocycles. The summed E-state index contributed by atoms with van der Waals surface area (Å²) in [6.45, 7) is 2.27. The van der Waals surface area contributed by atoms with Crippen molar-refractivity contribution in [3.8, 4) is 5.75 Å². The number of carbonyl (C=O) groups excluding carboxylic acids is 1. The van der Waals surface area contributed by atoms with Crippen molar-refractivity contribution in [2.75, 3.05) is 26.7 Å². The molecule has 2 aliphatic rings. The quantitative estimate of drug-likeness (QED) is 0.400. The maximum absolute atomic E-state index is 13.6. The molecule has 5 nitrogen and oxygen atoms in total. The van der Waals surface area contributed by atoms with Crippen LogP contribution in [0.25, 0.3) is 0 Å². The van der Waals surface area contributed by atoms with Gasteiger partial charge >= 0.3 is 0 Å². The van der Waals surface area contributed by atoms with E-state index in [0.29, 0.717) is 23.9 Å². The normalized spacial score (nSPS) is 18.8. The lowest BCUT2D eigenvalue weighted by Gasteiger charge is -2.33. The molecule has 0 radical (unpaired) electrons. The summed E-state index contributed by atoms with van der Waals surface area (Å²) in [5, 5.41) is 7.21. The summed E-state index contributed by atoms with van der Waals surface area (Å²) in [4.78, 5) is 15.8. The first kappa shape index (κ1) is 24.5. The fourth-order valence-corrected chi connectivity index (χ4v) is 5.35. The van der Waals surface area contributed by atoms with Crippen LogP contribution in [-0.4, -0.2) is 48.3 Å². The van der Waals surface area contributed by atoms with Crippen LogP contribution < -0.4 is 4.74 Å². The van der Waals surface area contributed by atoms with Crippen LogP contribution in [-0.2, 0) is 11.2 Å². The lowest BCUT2D eigenvalue weighted by Crippen LogP contribution is -2.42. The van der Waals surface area contributed by atoms with E-state index >= 15 is 0 Å². The van der Waals surface area contributed by atoms with Crippen molar-refractivity contribution in [1.29, 1.82) is 0 Å². The second kappa shape index (κ2) is 11.3. The van der Waals surface area contributed by atoms with Gasteiger partial charge in [-0.05, 0) is 73.7 Å². The minimum atomic E-state index is -0.147. The minimum Gasteiger partial charge on any atom is -0.497 e. The third kappa shape index (κ3) is 5.80. The van der Waals surface area contributed by atoms with Crippen LogP contribution in [0.4, 0.5) is 0 Å². The van der Waals surface area contributed by atoms with Crippen molar-refractivity contribution in [1.82, 2.24) is 9.91 Å². The van der Waals surface area contributed by atoms with Crippen molar-refractivity contribution in [2.45, 2.75) is 31.7 Å². The average Bonchev–Trinajstić information content (AvgIpc) is 3.37. The third-order valence-electron chi connectivity index (χ3n) is 7.26. The Kier molecular flexibility index (Phi) is 7.69. The highest BCUT2D eigenvalue weighted by Gasteiger charge is 2.34. The molecule has 0 bridgehead atoms. The molecule has 36 heavy (non-hydrogen) atoms. The van der Waals surface area contributed by atoms with Crippen LogP contribution >= 0.6 is 11.6 Å². The van der Waals surface area contributed by atoms with E-state index in [0.717, 1.165) is 54.9 Å². The molecule has 0 spiro atoms. The number of piperidine rings is 1. The van der Waals surface area contributed by atoms with Crippen molar-refractivity contribution in [2.24, 2.45) is 11.0 Å². The van der Waals surface area contributed by atoms with Gasteiger partial charge in [-0.25, -0.2) is 5.01 Å². The van der Waals surface area contributed by atoms with Crippen molar-refractivity contribution >= 4 is 23.2 Å². The molecule has 5 rings (SSSR count). The highest BCUT2D eigenvalue weighted by molar-refractivity contribution is 6.30. The van der Waals surface area contributed by atoms with Crippen LogP contribution in [0.3, 0.4) is 0 Å². The predicted molar refractivity (Wildman–Crippen MR) is 144 cm³/mol. The van der Waals surface area contributed by atoms with Gasteiger partial charge < -0.3 is 4.74 Å². The lowest BCUT2D eigenvalue weighted by atomic mass is 9.90. The molecule has 1 atom stereocenters. The number of halogens is 1. The van der Waals surface area contributed by atoms with Gasteiger partial charge in [-0.15, -0.1) is 0 Å². The Morgan fingerprint density at radius 1 is 1.00 bits per heavy atom. The Morgan fingerprint density at radius 2 is 1.75 bits per heavy atom. The fourth-order valence-electron chi connectivity index (χ4n) is 5.22. The largest absolute Gasteiger partial charge is 0.497 e. The summed E-state index contributed by atoms with van der Waals surface area (Å²) >= 11 is 6.14. The molecule has 0 N–H and O–H groups in total. The standard InChI is InChI=1S/C30H32ClN3O2/c1-36-27-9-5-8-25(19-27)28-20-29(24-10-12-26(31)13-11-24)34(32-28)30(35)21-33-16-14-23(15-17-33)18-22-6-3-2-4-7-22/h2-13,19,23,29H,14-18,20-21H2,1H3. The smallest absolute Gasteiger partial charge is 0.257 e. The van der Waals surface area contributed by atoms with Gasteiger partial charge in [-0.2, -0.15) is 5.10 Å². The maximum Gasteiger partial charge on any atom is 0.257 e. The molecule has 3 aromatic carbocycles. The van der Waals surface area contributed by atoms with Gasteiger partial charge in [0.1, 0.15) is 5.75 Å². The number of hydrazone groups is 1. The summed E-state index contributed by atoms with van der Waals surface area (Å²) in [6, 6.07) is 26.2. The van der Waals surface area contributed by atoms with E-state index in [-0.39, 0.29) is 11.9 Å². The number of hydrogen-bond donors (Lipinski definition) is 0. The number of likely N-dealkylation sites (tertiary alicyclic amines) is 1.